The topological polar surface area (TPSA) is 62.8 Å². The quantitative estimate of drug-likeness (QED) is 0.310. The standard InChI is InChI=1S/C25H28Cl2N2O3/c26-22-6-1-19(2-7-22)17-31-24-10-5-21(16-29-12-11-28-13-14-30)15-25(24)32-18-20-3-8-23(27)9-4-20/h1-10,15,28-30H,11-14,16-18H2. The van der Waals surface area contributed by atoms with Gasteiger partial charge in [0.05, 0.1) is 6.61 Å². The zero-order valence-corrected chi connectivity index (χ0v) is 19.3. The van der Waals surface area contributed by atoms with Crippen LogP contribution in [-0.4, -0.2) is 31.3 Å². The molecule has 0 radical (unpaired) electrons. The Morgan fingerprint density at radius 3 is 1.75 bits per heavy atom. The first kappa shape index (κ1) is 24.4. The third-order valence-electron chi connectivity index (χ3n) is 4.72. The SMILES string of the molecule is OCCNCCNCc1ccc(OCc2ccc(Cl)cc2)c(OCc2ccc(Cl)cc2)c1. The second-order valence-corrected chi connectivity index (χ2v) is 8.13. The molecule has 0 aromatic heterocycles. The van der Waals surface area contributed by atoms with E-state index in [1.807, 2.05) is 66.7 Å². The summed E-state index contributed by atoms with van der Waals surface area (Å²) in [7, 11) is 0. The van der Waals surface area contributed by atoms with Gasteiger partial charge in [0.25, 0.3) is 0 Å². The van der Waals surface area contributed by atoms with Gasteiger partial charge in [0.2, 0.25) is 0 Å². The first-order chi connectivity index (χ1) is 15.6. The van der Waals surface area contributed by atoms with Gasteiger partial charge in [0.15, 0.2) is 11.5 Å². The van der Waals surface area contributed by atoms with Crippen LogP contribution >= 0.6 is 23.2 Å². The molecule has 7 heteroatoms. The average Bonchev–Trinajstić information content (AvgIpc) is 2.81. The second kappa shape index (κ2) is 13.3. The number of hydrogen-bond donors (Lipinski definition) is 3. The lowest BCUT2D eigenvalue weighted by molar-refractivity contribution is 0.255. The van der Waals surface area contributed by atoms with E-state index < -0.39 is 0 Å². The summed E-state index contributed by atoms with van der Waals surface area (Å²) in [6, 6.07) is 21.1. The van der Waals surface area contributed by atoms with E-state index in [-0.39, 0.29) is 6.61 Å². The minimum atomic E-state index is 0.145. The van der Waals surface area contributed by atoms with Crippen LogP contribution in [0.4, 0.5) is 0 Å². The third-order valence-corrected chi connectivity index (χ3v) is 5.22. The molecule has 3 aromatic rings. The van der Waals surface area contributed by atoms with Crippen LogP contribution in [0.2, 0.25) is 10.0 Å². The van der Waals surface area contributed by atoms with Gasteiger partial charge in [-0.1, -0.05) is 53.5 Å². The molecule has 0 atom stereocenters. The zero-order chi connectivity index (χ0) is 22.6. The van der Waals surface area contributed by atoms with Crippen LogP contribution in [0, 0.1) is 0 Å². The first-order valence-electron chi connectivity index (χ1n) is 10.5. The molecule has 0 heterocycles. The lowest BCUT2D eigenvalue weighted by Crippen LogP contribution is -2.28. The Hall–Kier alpha value is -2.28. The molecule has 0 bridgehead atoms. The second-order valence-electron chi connectivity index (χ2n) is 7.26. The Morgan fingerprint density at radius 1 is 0.625 bits per heavy atom. The number of rotatable bonds is 13. The molecule has 3 rings (SSSR count). The smallest absolute Gasteiger partial charge is 0.162 e. The highest BCUT2D eigenvalue weighted by Gasteiger charge is 2.09. The fourth-order valence-electron chi connectivity index (χ4n) is 2.99. The molecule has 0 saturated heterocycles. The van der Waals surface area contributed by atoms with Crippen molar-refractivity contribution >= 4 is 23.2 Å². The molecule has 32 heavy (non-hydrogen) atoms. The zero-order valence-electron chi connectivity index (χ0n) is 17.8. The minimum Gasteiger partial charge on any atom is -0.485 e. The summed E-state index contributed by atoms with van der Waals surface area (Å²) >= 11 is 11.9. The van der Waals surface area contributed by atoms with Crippen molar-refractivity contribution in [2.75, 3.05) is 26.2 Å². The lowest BCUT2D eigenvalue weighted by atomic mass is 10.2. The van der Waals surface area contributed by atoms with E-state index in [1.165, 1.54) is 0 Å². The third kappa shape index (κ3) is 8.34. The van der Waals surface area contributed by atoms with Crippen LogP contribution in [-0.2, 0) is 19.8 Å². The predicted molar refractivity (Wildman–Crippen MR) is 130 cm³/mol. The molecule has 0 saturated carbocycles. The van der Waals surface area contributed by atoms with Gasteiger partial charge in [0, 0.05) is 36.2 Å². The lowest BCUT2D eigenvalue weighted by Gasteiger charge is -2.15. The van der Waals surface area contributed by atoms with Gasteiger partial charge in [-0.2, -0.15) is 0 Å². The van der Waals surface area contributed by atoms with E-state index in [4.69, 9.17) is 37.8 Å². The molecular formula is C25H28Cl2N2O3. The normalized spacial score (nSPS) is 10.8. The van der Waals surface area contributed by atoms with Gasteiger partial charge in [-0.05, 0) is 53.1 Å². The maximum Gasteiger partial charge on any atom is 0.162 e. The van der Waals surface area contributed by atoms with Crippen molar-refractivity contribution in [3.8, 4) is 11.5 Å². The van der Waals surface area contributed by atoms with Crippen LogP contribution in [0.1, 0.15) is 16.7 Å². The monoisotopic (exact) mass is 474 g/mol. The summed E-state index contributed by atoms with van der Waals surface area (Å²) in [5, 5.41) is 16.7. The molecule has 5 nitrogen and oxygen atoms in total. The highest BCUT2D eigenvalue weighted by molar-refractivity contribution is 6.30. The summed E-state index contributed by atoms with van der Waals surface area (Å²) in [6.07, 6.45) is 0. The van der Waals surface area contributed by atoms with Crippen molar-refractivity contribution in [3.63, 3.8) is 0 Å². The molecule has 3 N–H and O–H groups in total. The number of halogens is 2. The van der Waals surface area contributed by atoms with Crippen LogP contribution in [0.5, 0.6) is 11.5 Å². The molecule has 0 unspecified atom stereocenters. The number of aliphatic hydroxyl groups excluding tert-OH is 1. The molecule has 0 spiro atoms. The number of benzene rings is 3. The van der Waals surface area contributed by atoms with E-state index in [0.717, 1.165) is 29.8 Å². The fourth-order valence-corrected chi connectivity index (χ4v) is 3.24. The highest BCUT2D eigenvalue weighted by Crippen LogP contribution is 2.30. The predicted octanol–water partition coefficient (Wildman–Crippen LogP) is 4.82. The maximum absolute atomic E-state index is 8.81. The van der Waals surface area contributed by atoms with Crippen molar-refractivity contribution < 1.29 is 14.6 Å². The average molecular weight is 475 g/mol. The van der Waals surface area contributed by atoms with E-state index in [9.17, 15) is 0 Å². The molecule has 3 aromatic carbocycles. The maximum atomic E-state index is 8.81. The van der Waals surface area contributed by atoms with Gasteiger partial charge in [0.1, 0.15) is 13.2 Å². The Morgan fingerprint density at radius 2 is 1.16 bits per heavy atom. The van der Waals surface area contributed by atoms with E-state index in [0.29, 0.717) is 47.8 Å². The molecule has 0 aliphatic carbocycles. The Balaban J connectivity index is 1.64. The molecule has 0 aliphatic rings. The largest absolute Gasteiger partial charge is 0.485 e. The summed E-state index contributed by atoms with van der Waals surface area (Å²) in [5.74, 6) is 1.37. The summed E-state index contributed by atoms with van der Waals surface area (Å²) in [4.78, 5) is 0. The van der Waals surface area contributed by atoms with Gasteiger partial charge in [-0.25, -0.2) is 0 Å². The molecule has 0 fully saturated rings. The van der Waals surface area contributed by atoms with Gasteiger partial charge in [-0.3, -0.25) is 0 Å². The number of nitrogens with one attached hydrogen (secondary N) is 2. The van der Waals surface area contributed by atoms with Gasteiger partial charge in [-0.15, -0.1) is 0 Å². The molecular weight excluding hydrogens is 447 g/mol. The van der Waals surface area contributed by atoms with Crippen molar-refractivity contribution in [2.45, 2.75) is 19.8 Å². The van der Waals surface area contributed by atoms with E-state index in [1.54, 1.807) is 0 Å². The molecule has 0 aliphatic heterocycles. The van der Waals surface area contributed by atoms with Crippen molar-refractivity contribution in [3.05, 3.63) is 93.5 Å². The van der Waals surface area contributed by atoms with Crippen molar-refractivity contribution in [1.29, 1.82) is 0 Å². The molecule has 0 amide bonds. The Bertz CT molecular complexity index is 950. The number of hydrogen-bond acceptors (Lipinski definition) is 5. The van der Waals surface area contributed by atoms with E-state index >= 15 is 0 Å². The summed E-state index contributed by atoms with van der Waals surface area (Å²) in [6.45, 7) is 3.88. The summed E-state index contributed by atoms with van der Waals surface area (Å²) in [5.41, 5.74) is 3.15. The van der Waals surface area contributed by atoms with Crippen LogP contribution < -0.4 is 20.1 Å². The van der Waals surface area contributed by atoms with Crippen molar-refractivity contribution in [2.24, 2.45) is 0 Å². The van der Waals surface area contributed by atoms with Gasteiger partial charge >= 0.3 is 0 Å². The highest BCUT2D eigenvalue weighted by atomic mass is 35.5. The van der Waals surface area contributed by atoms with E-state index in [2.05, 4.69) is 10.6 Å². The van der Waals surface area contributed by atoms with Crippen LogP contribution in [0.3, 0.4) is 0 Å². The summed E-state index contributed by atoms with van der Waals surface area (Å²) < 4.78 is 12.2. The van der Waals surface area contributed by atoms with Crippen molar-refractivity contribution in [1.82, 2.24) is 10.6 Å². The number of ether oxygens (including phenoxy) is 2. The number of aliphatic hydroxyl groups is 1. The van der Waals surface area contributed by atoms with Crippen LogP contribution in [0.25, 0.3) is 0 Å². The molecule has 170 valence electrons. The fraction of sp³-hybridized carbons (Fsp3) is 0.280. The van der Waals surface area contributed by atoms with Gasteiger partial charge < -0.3 is 25.2 Å². The first-order valence-corrected chi connectivity index (χ1v) is 11.3. The Labute approximate surface area is 199 Å². The minimum absolute atomic E-state index is 0.145. The van der Waals surface area contributed by atoms with Crippen LogP contribution in [0.15, 0.2) is 66.7 Å². The Kier molecular flexibility index (Phi) is 10.1.